The van der Waals surface area contributed by atoms with Gasteiger partial charge >= 0.3 is 0 Å². The Morgan fingerprint density at radius 1 is 1.02 bits per heavy atom. The van der Waals surface area contributed by atoms with Gasteiger partial charge in [0.15, 0.2) is 0 Å². The molecule has 0 saturated heterocycles. The van der Waals surface area contributed by atoms with Crippen LogP contribution in [-0.4, -0.2) is 80.4 Å². The van der Waals surface area contributed by atoms with E-state index in [1.54, 1.807) is 24.4 Å². The fraction of sp³-hybridized carbons (Fsp3) is 0.343. The Balaban J connectivity index is 1.46. The first-order valence-electron chi connectivity index (χ1n) is 15.1. The molecule has 0 saturated carbocycles. The lowest BCUT2D eigenvalue weighted by Gasteiger charge is -2.41. The molecule has 10 nitrogen and oxygen atoms in total. The van der Waals surface area contributed by atoms with Crippen molar-refractivity contribution in [2.24, 2.45) is 10.9 Å². The number of nitrogens with zero attached hydrogens (tertiary/aromatic N) is 4. The Labute approximate surface area is 263 Å². The van der Waals surface area contributed by atoms with Crippen molar-refractivity contribution in [3.63, 3.8) is 0 Å². The maximum atomic E-state index is 14.2. The number of aromatic nitrogens is 1. The minimum atomic E-state index is -1.20. The number of amides is 3. The monoisotopic (exact) mass is 609 g/mol. The quantitative estimate of drug-likeness (QED) is 0.362. The van der Waals surface area contributed by atoms with Crippen LogP contribution in [0.5, 0.6) is 0 Å². The second-order valence-electron chi connectivity index (χ2n) is 12.3. The first-order valence-corrected chi connectivity index (χ1v) is 15.1. The van der Waals surface area contributed by atoms with Crippen LogP contribution in [0.25, 0.3) is 5.70 Å². The van der Waals surface area contributed by atoms with Crippen molar-refractivity contribution < 1.29 is 24.2 Å². The summed E-state index contributed by atoms with van der Waals surface area (Å²) in [4.78, 5) is 53.2. The molecule has 0 fully saturated rings. The molecule has 0 spiro atoms. The molecule has 2 N–H and O–H groups in total. The number of rotatable bonds is 10. The number of hydrogen-bond donors (Lipinski definition) is 2. The van der Waals surface area contributed by atoms with E-state index in [2.05, 4.69) is 15.3 Å². The molecule has 2 aliphatic rings. The minimum absolute atomic E-state index is 0.170. The molecule has 3 amide bonds. The van der Waals surface area contributed by atoms with Crippen LogP contribution in [0, 0.1) is 5.92 Å². The molecular weight excluding hydrogens is 570 g/mol. The molecule has 3 heterocycles. The Kier molecular flexibility index (Phi) is 9.43. The van der Waals surface area contributed by atoms with Crippen molar-refractivity contribution >= 4 is 29.3 Å². The van der Waals surface area contributed by atoms with E-state index in [1.807, 2.05) is 88.4 Å². The third kappa shape index (κ3) is 7.29. The molecule has 1 aromatic heterocycles. The van der Waals surface area contributed by atoms with Crippen molar-refractivity contribution in [2.75, 3.05) is 13.2 Å². The van der Waals surface area contributed by atoms with E-state index in [4.69, 9.17) is 4.74 Å². The maximum absolute atomic E-state index is 14.2. The van der Waals surface area contributed by atoms with Gasteiger partial charge in [0.1, 0.15) is 31.0 Å². The van der Waals surface area contributed by atoms with E-state index in [1.165, 1.54) is 16.0 Å². The van der Waals surface area contributed by atoms with E-state index < -0.39 is 41.4 Å². The highest BCUT2D eigenvalue weighted by Crippen LogP contribution is 2.31. The van der Waals surface area contributed by atoms with Gasteiger partial charge in [0.05, 0.1) is 17.3 Å². The van der Waals surface area contributed by atoms with Gasteiger partial charge in [0, 0.05) is 12.4 Å². The molecule has 3 aromatic rings. The highest BCUT2D eigenvalue weighted by Gasteiger charge is 2.42. The topological polar surface area (TPSA) is 124 Å². The van der Waals surface area contributed by atoms with Gasteiger partial charge in [-0.15, -0.1) is 0 Å². The van der Waals surface area contributed by atoms with Gasteiger partial charge in [-0.1, -0.05) is 80.6 Å². The summed E-state index contributed by atoms with van der Waals surface area (Å²) in [5.41, 5.74) is 1.70. The SMILES string of the molecule is CC(C)C1C(=O)N(CC(=O)N[C@@H](Cc2ccccc2)C(O)C2=NC(C)(C)CO2)C(c2ccccc2)=CN1C(=O)c1ccccn1. The average molecular weight is 610 g/mol. The molecule has 2 aromatic carbocycles. The number of nitrogens with one attached hydrogen (secondary N) is 1. The van der Waals surface area contributed by atoms with Crippen molar-refractivity contribution in [3.8, 4) is 0 Å². The molecule has 45 heavy (non-hydrogen) atoms. The van der Waals surface area contributed by atoms with Crippen molar-refractivity contribution in [1.29, 1.82) is 0 Å². The average Bonchev–Trinajstić information content (AvgIpc) is 3.41. The van der Waals surface area contributed by atoms with Gasteiger partial charge in [0.25, 0.3) is 11.8 Å². The van der Waals surface area contributed by atoms with Gasteiger partial charge in [-0.2, -0.15) is 0 Å². The predicted molar refractivity (Wildman–Crippen MR) is 171 cm³/mol. The molecule has 10 heteroatoms. The molecule has 0 radical (unpaired) electrons. The normalized spacial score (nSPS) is 19.0. The van der Waals surface area contributed by atoms with Crippen LogP contribution in [0.4, 0.5) is 0 Å². The molecule has 0 aliphatic carbocycles. The zero-order valence-electron chi connectivity index (χ0n) is 26.0. The number of carbonyl (C=O) groups excluding carboxylic acids is 3. The standard InChI is InChI=1S/C35H39N5O5/c1-23(2)30-34(44)39(28(25-15-9-6-10-16-25)20-40(30)33(43)26-17-11-12-18-36-26)21-29(41)37-27(19-24-13-7-5-8-14-24)31(42)32-38-35(3,4)22-45-32/h5-18,20,23,27,30-31,42H,19,21-22H2,1-4H3,(H,37,41)/t27-,30?,31?/m0/s1. The summed E-state index contributed by atoms with van der Waals surface area (Å²) in [6.07, 6.45) is 2.27. The lowest BCUT2D eigenvalue weighted by Crippen LogP contribution is -2.57. The van der Waals surface area contributed by atoms with Crippen molar-refractivity contribution in [1.82, 2.24) is 20.1 Å². The molecule has 5 rings (SSSR count). The molecule has 2 aliphatic heterocycles. The summed E-state index contributed by atoms with van der Waals surface area (Å²) in [7, 11) is 0. The second kappa shape index (κ2) is 13.4. The van der Waals surface area contributed by atoms with Gasteiger partial charge in [-0.3, -0.25) is 29.2 Å². The number of benzene rings is 2. The minimum Gasteiger partial charge on any atom is -0.476 e. The molecule has 3 atom stereocenters. The van der Waals surface area contributed by atoms with E-state index in [0.717, 1.165) is 5.56 Å². The van der Waals surface area contributed by atoms with E-state index in [-0.39, 0.29) is 24.1 Å². The van der Waals surface area contributed by atoms with E-state index in [0.29, 0.717) is 24.3 Å². The molecule has 234 valence electrons. The lowest BCUT2D eigenvalue weighted by atomic mass is 9.96. The highest BCUT2D eigenvalue weighted by atomic mass is 16.5. The number of aliphatic hydroxyl groups excluding tert-OH is 1. The third-order valence-electron chi connectivity index (χ3n) is 7.76. The second-order valence-corrected chi connectivity index (χ2v) is 12.3. The Morgan fingerprint density at radius 3 is 2.29 bits per heavy atom. The summed E-state index contributed by atoms with van der Waals surface area (Å²) in [6.45, 7) is 7.52. The molecule has 0 bridgehead atoms. The van der Waals surface area contributed by atoms with Crippen LogP contribution in [-0.2, 0) is 20.7 Å². The Hall–Kier alpha value is -4.83. The van der Waals surface area contributed by atoms with Crippen LogP contribution >= 0.6 is 0 Å². The zero-order valence-corrected chi connectivity index (χ0v) is 26.0. The largest absolute Gasteiger partial charge is 0.476 e. The Morgan fingerprint density at radius 2 is 1.69 bits per heavy atom. The van der Waals surface area contributed by atoms with Crippen molar-refractivity contribution in [3.05, 3.63) is 108 Å². The number of hydrogen-bond acceptors (Lipinski definition) is 7. The molecular formula is C35H39N5O5. The maximum Gasteiger partial charge on any atom is 0.277 e. The number of pyridine rings is 1. The first kappa shape index (κ1) is 31.6. The zero-order chi connectivity index (χ0) is 32.1. The predicted octanol–water partition coefficient (Wildman–Crippen LogP) is 3.68. The Bertz CT molecular complexity index is 1570. The smallest absolute Gasteiger partial charge is 0.277 e. The van der Waals surface area contributed by atoms with Crippen LogP contribution < -0.4 is 5.32 Å². The van der Waals surface area contributed by atoms with Gasteiger partial charge in [-0.25, -0.2) is 4.99 Å². The summed E-state index contributed by atoms with van der Waals surface area (Å²) in [5.74, 6) is -1.38. The van der Waals surface area contributed by atoms with Crippen LogP contribution in [0.2, 0.25) is 0 Å². The van der Waals surface area contributed by atoms with E-state index in [9.17, 15) is 19.5 Å². The van der Waals surface area contributed by atoms with E-state index >= 15 is 0 Å². The number of ether oxygens (including phenoxy) is 1. The fourth-order valence-corrected chi connectivity index (χ4v) is 5.54. The summed E-state index contributed by atoms with van der Waals surface area (Å²) in [5, 5.41) is 14.3. The third-order valence-corrected chi connectivity index (χ3v) is 7.76. The van der Waals surface area contributed by atoms with Crippen molar-refractivity contribution in [2.45, 2.75) is 57.8 Å². The van der Waals surface area contributed by atoms with Gasteiger partial charge < -0.3 is 15.2 Å². The first-order chi connectivity index (χ1) is 21.5. The number of carbonyl (C=O) groups is 3. The lowest BCUT2D eigenvalue weighted by molar-refractivity contribution is -0.138. The van der Waals surface area contributed by atoms with Gasteiger partial charge in [-0.05, 0) is 49.4 Å². The fourth-order valence-electron chi connectivity index (χ4n) is 5.54. The van der Waals surface area contributed by atoms with Gasteiger partial charge in [0.2, 0.25) is 11.8 Å². The number of aliphatic imine (C=N–C) groups is 1. The van der Waals surface area contributed by atoms with Crippen LogP contribution in [0.1, 0.15) is 49.3 Å². The van der Waals surface area contributed by atoms with Crippen LogP contribution in [0.3, 0.4) is 0 Å². The number of aliphatic hydroxyl groups is 1. The summed E-state index contributed by atoms with van der Waals surface area (Å²) >= 11 is 0. The summed E-state index contributed by atoms with van der Waals surface area (Å²) < 4.78 is 5.72. The molecule has 2 unspecified atom stereocenters. The van der Waals surface area contributed by atoms with Crippen LogP contribution in [0.15, 0.2) is 96.3 Å². The highest BCUT2D eigenvalue weighted by molar-refractivity contribution is 6.03. The summed E-state index contributed by atoms with van der Waals surface area (Å²) in [6, 6.07) is 22.1.